The molecule has 0 bridgehead atoms. The number of aliphatic hydroxyl groups is 2. The summed E-state index contributed by atoms with van der Waals surface area (Å²) in [5, 5.41) is 20.9. The molecule has 0 fully saturated rings. The van der Waals surface area contributed by atoms with Gasteiger partial charge < -0.3 is 15.9 Å². The first-order chi connectivity index (χ1) is 12.1. The minimum atomic E-state index is -0.529. The van der Waals surface area contributed by atoms with Crippen molar-refractivity contribution in [3.05, 3.63) is 29.3 Å². The van der Waals surface area contributed by atoms with Gasteiger partial charge in [-0.05, 0) is 30.5 Å². The van der Waals surface area contributed by atoms with Gasteiger partial charge >= 0.3 is 0 Å². The minimum absolute atomic E-state index is 0.460. The standard InChI is InChI=1S/C22H39NO2/c1-3-5-7-9-11-13-21(24)18-15-16-20(23)19(17-18)22(25)14-12-10-8-6-4-2/h15-17,21-22,24-25H,3-14,23H2,1-2H3. The molecule has 0 aliphatic rings. The number of aliphatic hydroxyl groups excluding tert-OH is 2. The number of anilines is 1. The molecule has 1 rings (SSSR count). The molecule has 2 unspecified atom stereocenters. The summed E-state index contributed by atoms with van der Waals surface area (Å²) in [7, 11) is 0. The smallest absolute Gasteiger partial charge is 0.0810 e. The first kappa shape index (κ1) is 22.0. The van der Waals surface area contributed by atoms with Crippen molar-refractivity contribution in [2.45, 2.75) is 103 Å². The van der Waals surface area contributed by atoms with Crippen LogP contribution in [0.15, 0.2) is 18.2 Å². The lowest BCUT2D eigenvalue weighted by atomic mass is 9.95. The largest absolute Gasteiger partial charge is 0.398 e. The number of nitrogens with two attached hydrogens (primary N) is 1. The first-order valence-corrected chi connectivity index (χ1v) is 10.4. The van der Waals surface area contributed by atoms with E-state index in [4.69, 9.17) is 5.73 Å². The second kappa shape index (κ2) is 13.2. The molecule has 0 saturated heterocycles. The van der Waals surface area contributed by atoms with E-state index in [1.165, 1.54) is 44.9 Å². The average molecular weight is 350 g/mol. The molecule has 0 saturated carbocycles. The molecule has 3 nitrogen and oxygen atoms in total. The van der Waals surface area contributed by atoms with Gasteiger partial charge in [0.1, 0.15) is 0 Å². The van der Waals surface area contributed by atoms with Crippen molar-refractivity contribution in [1.29, 1.82) is 0 Å². The topological polar surface area (TPSA) is 66.5 Å². The maximum atomic E-state index is 10.5. The number of hydrogen-bond acceptors (Lipinski definition) is 3. The molecule has 1 aromatic carbocycles. The van der Waals surface area contributed by atoms with Gasteiger partial charge in [0.2, 0.25) is 0 Å². The normalized spacial score (nSPS) is 13.8. The Morgan fingerprint density at radius 1 is 0.760 bits per heavy atom. The number of hydrogen-bond donors (Lipinski definition) is 3. The summed E-state index contributed by atoms with van der Waals surface area (Å²) in [4.78, 5) is 0. The highest BCUT2D eigenvalue weighted by Crippen LogP contribution is 2.30. The van der Waals surface area contributed by atoms with E-state index in [-0.39, 0.29) is 0 Å². The van der Waals surface area contributed by atoms with Crippen molar-refractivity contribution in [2.24, 2.45) is 0 Å². The lowest BCUT2D eigenvalue weighted by Gasteiger charge is -2.17. The van der Waals surface area contributed by atoms with Crippen LogP contribution in [0, 0.1) is 0 Å². The summed E-state index contributed by atoms with van der Waals surface area (Å²) in [6.45, 7) is 4.41. The van der Waals surface area contributed by atoms with Gasteiger partial charge in [-0.3, -0.25) is 0 Å². The molecule has 4 N–H and O–H groups in total. The Morgan fingerprint density at radius 2 is 1.28 bits per heavy atom. The Labute approximate surface area is 154 Å². The van der Waals surface area contributed by atoms with Crippen molar-refractivity contribution in [3.63, 3.8) is 0 Å². The fraction of sp³-hybridized carbons (Fsp3) is 0.727. The average Bonchev–Trinajstić information content (AvgIpc) is 2.61. The van der Waals surface area contributed by atoms with Crippen LogP contribution in [0.2, 0.25) is 0 Å². The Bertz CT molecular complexity index is 461. The molecule has 0 radical (unpaired) electrons. The molecule has 0 amide bonds. The van der Waals surface area contributed by atoms with Gasteiger partial charge in [0.15, 0.2) is 0 Å². The van der Waals surface area contributed by atoms with Crippen molar-refractivity contribution in [1.82, 2.24) is 0 Å². The lowest BCUT2D eigenvalue weighted by Crippen LogP contribution is -2.06. The highest BCUT2D eigenvalue weighted by molar-refractivity contribution is 5.50. The molecule has 25 heavy (non-hydrogen) atoms. The number of benzene rings is 1. The maximum Gasteiger partial charge on any atom is 0.0810 e. The zero-order valence-electron chi connectivity index (χ0n) is 16.3. The van der Waals surface area contributed by atoms with Crippen LogP contribution in [-0.4, -0.2) is 10.2 Å². The Balaban J connectivity index is 2.50. The van der Waals surface area contributed by atoms with Crippen molar-refractivity contribution in [3.8, 4) is 0 Å². The van der Waals surface area contributed by atoms with E-state index in [9.17, 15) is 10.2 Å². The highest BCUT2D eigenvalue weighted by atomic mass is 16.3. The van der Waals surface area contributed by atoms with E-state index < -0.39 is 12.2 Å². The Hall–Kier alpha value is -1.06. The Kier molecular flexibility index (Phi) is 11.6. The number of unbranched alkanes of at least 4 members (excludes halogenated alkanes) is 8. The summed E-state index contributed by atoms with van der Waals surface area (Å²) >= 11 is 0. The fourth-order valence-electron chi connectivity index (χ4n) is 3.29. The van der Waals surface area contributed by atoms with Crippen LogP contribution in [0.4, 0.5) is 5.69 Å². The van der Waals surface area contributed by atoms with E-state index in [1.54, 1.807) is 0 Å². The highest BCUT2D eigenvalue weighted by Gasteiger charge is 2.15. The molecule has 0 aromatic heterocycles. The summed E-state index contributed by atoms with van der Waals surface area (Å²) in [6.07, 6.45) is 12.4. The zero-order valence-corrected chi connectivity index (χ0v) is 16.3. The van der Waals surface area contributed by atoms with Crippen LogP contribution in [0.25, 0.3) is 0 Å². The van der Waals surface area contributed by atoms with E-state index in [0.29, 0.717) is 5.69 Å². The van der Waals surface area contributed by atoms with Crippen LogP contribution >= 0.6 is 0 Å². The summed E-state index contributed by atoms with van der Waals surface area (Å²) in [5.74, 6) is 0. The fourth-order valence-corrected chi connectivity index (χ4v) is 3.29. The number of nitrogen functional groups attached to an aromatic ring is 1. The van der Waals surface area contributed by atoms with E-state index in [2.05, 4.69) is 13.8 Å². The molecule has 144 valence electrons. The molecule has 0 aliphatic heterocycles. The van der Waals surface area contributed by atoms with Crippen molar-refractivity contribution >= 4 is 5.69 Å². The zero-order chi connectivity index (χ0) is 18.5. The monoisotopic (exact) mass is 349 g/mol. The summed E-state index contributed by atoms with van der Waals surface area (Å²) in [6, 6.07) is 5.62. The second-order valence-electron chi connectivity index (χ2n) is 7.33. The Morgan fingerprint density at radius 3 is 1.84 bits per heavy atom. The van der Waals surface area contributed by atoms with Gasteiger partial charge in [-0.2, -0.15) is 0 Å². The van der Waals surface area contributed by atoms with Gasteiger partial charge in [-0.1, -0.05) is 84.1 Å². The quantitative estimate of drug-likeness (QED) is 0.282. The lowest BCUT2D eigenvalue weighted by molar-refractivity contribution is 0.157. The van der Waals surface area contributed by atoms with E-state index in [0.717, 1.165) is 43.2 Å². The molecule has 0 aliphatic carbocycles. The minimum Gasteiger partial charge on any atom is -0.398 e. The van der Waals surface area contributed by atoms with Crippen LogP contribution in [0.5, 0.6) is 0 Å². The molecule has 2 atom stereocenters. The van der Waals surface area contributed by atoms with Gasteiger partial charge in [-0.15, -0.1) is 0 Å². The molecular weight excluding hydrogens is 310 g/mol. The van der Waals surface area contributed by atoms with E-state index in [1.807, 2.05) is 18.2 Å². The van der Waals surface area contributed by atoms with E-state index >= 15 is 0 Å². The third-order valence-corrected chi connectivity index (χ3v) is 5.02. The van der Waals surface area contributed by atoms with Crippen LogP contribution < -0.4 is 5.73 Å². The summed E-state index contributed by atoms with van der Waals surface area (Å²) in [5.41, 5.74) is 8.34. The predicted molar refractivity (Wildman–Crippen MR) is 108 cm³/mol. The molecule has 0 heterocycles. The molecule has 3 heteroatoms. The van der Waals surface area contributed by atoms with Crippen molar-refractivity contribution < 1.29 is 10.2 Å². The number of rotatable bonds is 14. The van der Waals surface area contributed by atoms with Gasteiger partial charge in [-0.25, -0.2) is 0 Å². The maximum absolute atomic E-state index is 10.5. The summed E-state index contributed by atoms with van der Waals surface area (Å²) < 4.78 is 0. The van der Waals surface area contributed by atoms with Gasteiger partial charge in [0, 0.05) is 11.3 Å². The van der Waals surface area contributed by atoms with Crippen LogP contribution in [-0.2, 0) is 0 Å². The molecule has 0 spiro atoms. The SMILES string of the molecule is CCCCCCCC(O)c1ccc(N)c(C(O)CCCCCCC)c1. The first-order valence-electron chi connectivity index (χ1n) is 10.4. The third-order valence-electron chi connectivity index (χ3n) is 5.02. The second-order valence-corrected chi connectivity index (χ2v) is 7.33. The van der Waals surface area contributed by atoms with Gasteiger partial charge in [0.05, 0.1) is 12.2 Å². The molecule has 1 aromatic rings. The predicted octanol–water partition coefficient (Wildman–Crippen LogP) is 6.06. The molecular formula is C22H39NO2. The van der Waals surface area contributed by atoms with Crippen LogP contribution in [0.1, 0.15) is 114 Å². The third kappa shape index (κ3) is 8.73. The van der Waals surface area contributed by atoms with Crippen molar-refractivity contribution in [2.75, 3.05) is 5.73 Å². The van der Waals surface area contributed by atoms with Crippen LogP contribution in [0.3, 0.4) is 0 Å². The van der Waals surface area contributed by atoms with Gasteiger partial charge in [0.25, 0.3) is 0 Å².